The number of hydrogen-bond acceptors (Lipinski definition) is 5. The molecule has 0 spiro atoms. The Kier molecular flexibility index (Phi) is 8.33. The van der Waals surface area contributed by atoms with E-state index in [1.54, 1.807) is 23.1 Å². The first kappa shape index (κ1) is 25.8. The number of piperazine rings is 1. The zero-order valence-electron chi connectivity index (χ0n) is 20.2. The van der Waals surface area contributed by atoms with E-state index in [4.69, 9.17) is 4.74 Å². The van der Waals surface area contributed by atoms with E-state index in [1.165, 1.54) is 6.20 Å². The molecule has 0 aliphatic carbocycles. The second-order valence-electron chi connectivity index (χ2n) is 9.01. The van der Waals surface area contributed by atoms with Gasteiger partial charge >= 0.3 is 0 Å². The number of rotatable bonds is 9. The molecule has 1 amide bonds. The Labute approximate surface area is 210 Å². The highest BCUT2D eigenvalue weighted by atomic mass is 19.3. The first-order valence-corrected chi connectivity index (χ1v) is 12.0. The lowest BCUT2D eigenvalue weighted by atomic mass is 9.93. The van der Waals surface area contributed by atoms with Crippen LogP contribution in [0.15, 0.2) is 67.1 Å². The van der Waals surface area contributed by atoms with Crippen molar-refractivity contribution in [3.63, 3.8) is 0 Å². The van der Waals surface area contributed by atoms with Crippen molar-refractivity contribution in [3.05, 3.63) is 83.8 Å². The van der Waals surface area contributed by atoms with Crippen LogP contribution in [-0.2, 0) is 17.8 Å². The van der Waals surface area contributed by atoms with Crippen molar-refractivity contribution in [2.45, 2.75) is 19.0 Å². The van der Waals surface area contributed by atoms with Crippen molar-refractivity contribution in [1.82, 2.24) is 15.1 Å². The van der Waals surface area contributed by atoms with Crippen LogP contribution in [0.25, 0.3) is 11.1 Å². The van der Waals surface area contributed by atoms with E-state index < -0.39 is 5.92 Å². The number of nitrogens with one attached hydrogen (secondary N) is 1. The third-order valence-electron chi connectivity index (χ3n) is 6.52. The molecule has 36 heavy (non-hydrogen) atoms. The van der Waals surface area contributed by atoms with E-state index in [1.807, 2.05) is 24.3 Å². The summed E-state index contributed by atoms with van der Waals surface area (Å²) < 4.78 is 33.0. The van der Waals surface area contributed by atoms with Gasteiger partial charge in [0.2, 0.25) is 0 Å². The maximum Gasteiger partial charge on any atom is 0.278 e. The summed E-state index contributed by atoms with van der Waals surface area (Å²) in [6, 6.07) is 11.2. The van der Waals surface area contributed by atoms with Crippen molar-refractivity contribution in [2.75, 3.05) is 45.9 Å². The average Bonchev–Trinajstić information content (AvgIpc) is 2.86. The average molecular weight is 496 g/mol. The monoisotopic (exact) mass is 495 g/mol. The number of fused-ring (bicyclic) bond motifs is 1. The fourth-order valence-electron chi connectivity index (χ4n) is 4.47. The van der Waals surface area contributed by atoms with Crippen molar-refractivity contribution in [3.8, 4) is 16.9 Å². The fraction of sp³-hybridized carbons (Fsp3) is 0.357. The number of amides is 1. The standard InChI is InChI=1S/C28H31F2N3O3/c1-2-28(29,30)20-33-13-11-32(12-14-33)15-16-36-19-21-7-3-4-8-23(21)22-17-25-24(26(34)18-22)9-5-6-10-31-27(25)35/h2-5,7-8,10,17-18,34H,1,9,11-16,19-20H2,(H,31,35). The van der Waals surface area contributed by atoms with Crippen molar-refractivity contribution >= 4 is 5.91 Å². The molecular formula is C28H31F2N3O3. The number of carbonyl (C=O) groups is 1. The van der Waals surface area contributed by atoms with Gasteiger partial charge < -0.3 is 15.2 Å². The summed E-state index contributed by atoms with van der Waals surface area (Å²) in [7, 11) is 0. The molecule has 8 heteroatoms. The predicted octanol–water partition coefficient (Wildman–Crippen LogP) is 3.97. The first-order chi connectivity index (χ1) is 17.4. The zero-order chi connectivity index (χ0) is 25.5. The molecular weight excluding hydrogens is 464 g/mol. The van der Waals surface area contributed by atoms with Crippen LogP contribution in [0.2, 0.25) is 0 Å². The quantitative estimate of drug-likeness (QED) is 0.313. The van der Waals surface area contributed by atoms with Crippen LogP contribution in [0, 0.1) is 0 Å². The van der Waals surface area contributed by atoms with E-state index in [0.717, 1.165) is 16.7 Å². The van der Waals surface area contributed by atoms with Gasteiger partial charge in [-0.15, -0.1) is 5.73 Å². The number of allylic oxidation sites excluding steroid dienone is 1. The van der Waals surface area contributed by atoms with Crippen LogP contribution >= 0.6 is 0 Å². The number of nitrogens with zero attached hydrogens (tertiary/aromatic N) is 2. The molecule has 2 aromatic carbocycles. The minimum atomic E-state index is -2.86. The van der Waals surface area contributed by atoms with Gasteiger partial charge in [0.25, 0.3) is 11.8 Å². The molecule has 0 radical (unpaired) electrons. The minimum absolute atomic E-state index is 0.0679. The molecule has 2 aliphatic rings. The van der Waals surface area contributed by atoms with Gasteiger partial charge in [0.1, 0.15) is 5.75 Å². The normalized spacial score (nSPS) is 16.8. The largest absolute Gasteiger partial charge is 0.508 e. The highest BCUT2D eigenvalue weighted by Crippen LogP contribution is 2.33. The van der Waals surface area contributed by atoms with E-state index in [-0.39, 0.29) is 18.2 Å². The number of halogens is 2. The molecule has 0 atom stereocenters. The summed E-state index contributed by atoms with van der Waals surface area (Å²) >= 11 is 0. The van der Waals surface area contributed by atoms with Crippen molar-refractivity contribution in [2.24, 2.45) is 0 Å². The Hall–Kier alpha value is -3.29. The summed E-state index contributed by atoms with van der Waals surface area (Å²) in [4.78, 5) is 16.5. The Bertz CT molecular complexity index is 1170. The van der Waals surface area contributed by atoms with Gasteiger partial charge in [0.05, 0.1) is 19.8 Å². The van der Waals surface area contributed by atoms with Gasteiger partial charge in [0, 0.05) is 56.5 Å². The second-order valence-corrected chi connectivity index (χ2v) is 9.01. The third-order valence-corrected chi connectivity index (χ3v) is 6.52. The first-order valence-electron chi connectivity index (χ1n) is 12.0. The van der Waals surface area contributed by atoms with Gasteiger partial charge in [-0.3, -0.25) is 14.6 Å². The number of hydrogen-bond donors (Lipinski definition) is 2. The molecule has 1 saturated heterocycles. The number of ether oxygens (including phenoxy) is 1. The van der Waals surface area contributed by atoms with Crippen LogP contribution in [-0.4, -0.2) is 72.6 Å². The van der Waals surface area contributed by atoms with Crippen molar-refractivity contribution < 1.29 is 23.4 Å². The fourth-order valence-corrected chi connectivity index (χ4v) is 4.47. The van der Waals surface area contributed by atoms with Crippen LogP contribution in [0.4, 0.5) is 8.78 Å². The Morgan fingerprint density at radius 3 is 2.67 bits per heavy atom. The van der Waals surface area contributed by atoms with Crippen LogP contribution in [0.1, 0.15) is 21.5 Å². The number of aromatic hydroxyl groups is 1. The summed E-state index contributed by atoms with van der Waals surface area (Å²) in [5.41, 5.74) is 6.42. The summed E-state index contributed by atoms with van der Waals surface area (Å²) in [5.74, 6) is -3.08. The van der Waals surface area contributed by atoms with E-state index in [9.17, 15) is 18.7 Å². The van der Waals surface area contributed by atoms with Gasteiger partial charge in [-0.05, 0) is 41.0 Å². The topological polar surface area (TPSA) is 65.0 Å². The summed E-state index contributed by atoms with van der Waals surface area (Å²) in [6.45, 7) is 7.13. The molecule has 2 aromatic rings. The predicted molar refractivity (Wildman–Crippen MR) is 135 cm³/mol. The van der Waals surface area contributed by atoms with Crippen LogP contribution in [0.3, 0.4) is 0 Å². The Morgan fingerprint density at radius 1 is 1.14 bits per heavy atom. The molecule has 0 bridgehead atoms. The van der Waals surface area contributed by atoms with E-state index in [2.05, 4.69) is 22.5 Å². The van der Waals surface area contributed by atoms with Gasteiger partial charge in [-0.25, -0.2) is 8.78 Å². The van der Waals surface area contributed by atoms with Crippen molar-refractivity contribution in [1.29, 1.82) is 0 Å². The molecule has 0 saturated carbocycles. The molecule has 2 heterocycles. The lowest BCUT2D eigenvalue weighted by molar-refractivity contribution is -0.00521. The molecule has 4 rings (SSSR count). The third kappa shape index (κ3) is 6.47. The molecule has 6 nitrogen and oxygen atoms in total. The van der Waals surface area contributed by atoms with Crippen LogP contribution in [0.5, 0.6) is 5.75 Å². The lowest BCUT2D eigenvalue weighted by Gasteiger charge is -2.35. The molecule has 190 valence electrons. The van der Waals surface area contributed by atoms with E-state index in [0.29, 0.717) is 69.6 Å². The van der Waals surface area contributed by atoms with E-state index >= 15 is 0 Å². The zero-order valence-corrected chi connectivity index (χ0v) is 20.2. The van der Waals surface area contributed by atoms with Gasteiger partial charge in [0.15, 0.2) is 0 Å². The Morgan fingerprint density at radius 2 is 1.89 bits per heavy atom. The molecule has 2 aliphatic heterocycles. The SMILES string of the molecule is C=CC(F)(F)CN1CCN(CCOCc2ccccc2-c2cc(O)c3c(c2)C(=O)NC=C=CC3)CC1. The van der Waals surface area contributed by atoms with Gasteiger partial charge in [-0.2, -0.15) is 0 Å². The van der Waals surface area contributed by atoms with Gasteiger partial charge in [-0.1, -0.05) is 30.8 Å². The molecule has 0 aromatic heterocycles. The number of phenols is 1. The summed E-state index contributed by atoms with van der Waals surface area (Å²) in [6.07, 6.45) is 4.35. The highest BCUT2D eigenvalue weighted by Gasteiger charge is 2.29. The second kappa shape index (κ2) is 11.6. The minimum Gasteiger partial charge on any atom is -0.508 e. The molecule has 1 fully saturated rings. The number of alkyl halides is 2. The lowest BCUT2D eigenvalue weighted by Crippen LogP contribution is -2.50. The number of phenolic OH excluding ortho intramolecular Hbond substituents is 1. The number of carbonyl (C=O) groups excluding carboxylic acids is 1. The highest BCUT2D eigenvalue weighted by molar-refractivity contribution is 5.98. The Balaban J connectivity index is 1.35. The summed E-state index contributed by atoms with van der Waals surface area (Å²) in [5, 5.41) is 13.3. The number of benzene rings is 2. The maximum absolute atomic E-state index is 13.5. The smallest absolute Gasteiger partial charge is 0.278 e. The van der Waals surface area contributed by atoms with Crippen LogP contribution < -0.4 is 5.32 Å². The molecule has 0 unspecified atom stereocenters. The molecule has 2 N–H and O–H groups in total. The maximum atomic E-state index is 13.5.